The zero-order chi connectivity index (χ0) is 14.3. The molecule has 0 fully saturated rings. The molecule has 0 radical (unpaired) electrons. The van der Waals surface area contributed by atoms with E-state index in [-0.39, 0.29) is 11.4 Å². The van der Waals surface area contributed by atoms with E-state index < -0.39 is 5.97 Å². The summed E-state index contributed by atoms with van der Waals surface area (Å²) in [5, 5.41) is 18.8. The van der Waals surface area contributed by atoms with E-state index in [4.69, 9.17) is 0 Å². The number of fused-ring (bicyclic) bond motifs is 1. The minimum absolute atomic E-state index is 0.00652. The lowest BCUT2D eigenvalue weighted by atomic mass is 10.2. The van der Waals surface area contributed by atoms with Gasteiger partial charge in [0.1, 0.15) is 11.6 Å². The van der Waals surface area contributed by atoms with E-state index >= 15 is 0 Å². The molecule has 0 saturated carbocycles. The summed E-state index contributed by atoms with van der Waals surface area (Å²) >= 11 is 0. The highest BCUT2D eigenvalue weighted by Gasteiger charge is 2.17. The van der Waals surface area contributed by atoms with Crippen LogP contribution >= 0.6 is 0 Å². The molecule has 0 aliphatic heterocycles. The number of carboxylic acid groups (broad SMARTS) is 1. The topological polar surface area (TPSA) is 74.8 Å². The SMILES string of the molecule is Cc1ccn2c(-c3cccc(O)c3)nc(C(=O)O)c2c1. The average Bonchev–Trinajstić information content (AvgIpc) is 2.77. The molecule has 100 valence electrons. The van der Waals surface area contributed by atoms with E-state index in [1.54, 1.807) is 40.9 Å². The Morgan fingerprint density at radius 3 is 2.75 bits per heavy atom. The Hall–Kier alpha value is -2.82. The van der Waals surface area contributed by atoms with Crippen molar-refractivity contribution in [2.24, 2.45) is 0 Å². The molecule has 20 heavy (non-hydrogen) atoms. The number of aromatic nitrogens is 2. The van der Waals surface area contributed by atoms with Gasteiger partial charge in [0.2, 0.25) is 0 Å². The van der Waals surface area contributed by atoms with Crippen molar-refractivity contribution in [1.82, 2.24) is 9.38 Å². The molecule has 2 aromatic heterocycles. The maximum Gasteiger partial charge on any atom is 0.356 e. The molecule has 0 spiro atoms. The van der Waals surface area contributed by atoms with Crippen LogP contribution in [0.15, 0.2) is 42.6 Å². The first-order valence-corrected chi connectivity index (χ1v) is 6.07. The van der Waals surface area contributed by atoms with Gasteiger partial charge in [-0.2, -0.15) is 0 Å². The number of phenols is 1. The van der Waals surface area contributed by atoms with Crippen LogP contribution in [0, 0.1) is 6.92 Å². The second-order valence-corrected chi connectivity index (χ2v) is 4.60. The lowest BCUT2D eigenvalue weighted by Gasteiger charge is -2.02. The van der Waals surface area contributed by atoms with Gasteiger partial charge in [-0.1, -0.05) is 12.1 Å². The van der Waals surface area contributed by atoms with E-state index in [0.717, 1.165) is 5.56 Å². The number of aromatic hydroxyl groups is 1. The highest BCUT2D eigenvalue weighted by molar-refractivity contribution is 5.95. The van der Waals surface area contributed by atoms with Crippen molar-refractivity contribution in [3.05, 3.63) is 53.9 Å². The molecule has 5 heteroatoms. The molecule has 0 atom stereocenters. The average molecular weight is 268 g/mol. The van der Waals surface area contributed by atoms with Crippen molar-refractivity contribution in [2.75, 3.05) is 0 Å². The van der Waals surface area contributed by atoms with Gasteiger partial charge < -0.3 is 10.2 Å². The number of pyridine rings is 1. The summed E-state index contributed by atoms with van der Waals surface area (Å²) in [6.07, 6.45) is 1.78. The number of imidazole rings is 1. The molecule has 2 N–H and O–H groups in total. The molecule has 3 aromatic rings. The molecule has 0 amide bonds. The predicted octanol–water partition coefficient (Wildman–Crippen LogP) is 2.71. The molecular formula is C15H12N2O3. The van der Waals surface area contributed by atoms with E-state index in [1.165, 1.54) is 0 Å². The van der Waals surface area contributed by atoms with E-state index in [0.29, 0.717) is 16.9 Å². The molecule has 0 aliphatic rings. The molecule has 0 aliphatic carbocycles. The number of phenolic OH excluding ortho intramolecular Hbond substituents is 1. The van der Waals surface area contributed by atoms with Crippen molar-refractivity contribution < 1.29 is 15.0 Å². The van der Waals surface area contributed by atoms with Gasteiger partial charge in [0.15, 0.2) is 5.69 Å². The van der Waals surface area contributed by atoms with Crippen LogP contribution < -0.4 is 0 Å². The molecule has 0 saturated heterocycles. The van der Waals surface area contributed by atoms with Gasteiger partial charge in [0.05, 0.1) is 5.52 Å². The fourth-order valence-electron chi connectivity index (χ4n) is 2.20. The highest BCUT2D eigenvalue weighted by Crippen LogP contribution is 2.26. The van der Waals surface area contributed by atoms with Crippen LogP contribution in [0.25, 0.3) is 16.9 Å². The minimum Gasteiger partial charge on any atom is -0.508 e. The maximum atomic E-state index is 11.3. The number of rotatable bonds is 2. The number of aryl methyl sites for hydroxylation is 1. The number of aromatic carboxylic acids is 1. The second kappa shape index (κ2) is 4.38. The van der Waals surface area contributed by atoms with Crippen LogP contribution in [-0.2, 0) is 0 Å². The number of carboxylic acids is 1. The highest BCUT2D eigenvalue weighted by atomic mass is 16.4. The van der Waals surface area contributed by atoms with Crippen molar-refractivity contribution in [3.63, 3.8) is 0 Å². The molecule has 5 nitrogen and oxygen atoms in total. The normalized spacial score (nSPS) is 10.8. The summed E-state index contributed by atoms with van der Waals surface area (Å²) in [7, 11) is 0. The molecule has 3 rings (SSSR count). The van der Waals surface area contributed by atoms with Crippen LogP contribution in [0.5, 0.6) is 5.75 Å². The Morgan fingerprint density at radius 1 is 1.25 bits per heavy atom. The molecule has 2 heterocycles. The van der Waals surface area contributed by atoms with Crippen LogP contribution in [0.3, 0.4) is 0 Å². The van der Waals surface area contributed by atoms with Gasteiger partial charge in [-0.05, 0) is 36.8 Å². The summed E-state index contributed by atoms with van der Waals surface area (Å²) in [4.78, 5) is 15.5. The summed E-state index contributed by atoms with van der Waals surface area (Å²) in [6.45, 7) is 1.90. The van der Waals surface area contributed by atoms with E-state index in [2.05, 4.69) is 4.98 Å². The van der Waals surface area contributed by atoms with E-state index in [9.17, 15) is 15.0 Å². The summed E-state index contributed by atoms with van der Waals surface area (Å²) in [6, 6.07) is 10.2. The summed E-state index contributed by atoms with van der Waals surface area (Å²) in [5.74, 6) is -0.462. The lowest BCUT2D eigenvalue weighted by molar-refractivity contribution is 0.0693. The summed E-state index contributed by atoms with van der Waals surface area (Å²) in [5.41, 5.74) is 2.17. The first kappa shape index (κ1) is 12.2. The van der Waals surface area contributed by atoms with Crippen molar-refractivity contribution in [3.8, 4) is 17.1 Å². The summed E-state index contributed by atoms with van der Waals surface area (Å²) < 4.78 is 1.71. The van der Waals surface area contributed by atoms with Gasteiger partial charge in [-0.3, -0.25) is 4.40 Å². The Balaban J connectivity index is 2.34. The number of nitrogens with zero attached hydrogens (tertiary/aromatic N) is 2. The molecule has 0 unspecified atom stereocenters. The number of hydrogen-bond donors (Lipinski definition) is 2. The monoisotopic (exact) mass is 268 g/mol. The Bertz CT molecular complexity index is 821. The Morgan fingerprint density at radius 2 is 2.05 bits per heavy atom. The number of benzene rings is 1. The predicted molar refractivity (Wildman–Crippen MR) is 74.0 cm³/mol. The maximum absolute atomic E-state index is 11.3. The van der Waals surface area contributed by atoms with Crippen molar-refractivity contribution in [1.29, 1.82) is 0 Å². The van der Waals surface area contributed by atoms with Crippen molar-refractivity contribution >= 4 is 11.5 Å². The minimum atomic E-state index is -1.07. The third-order valence-electron chi connectivity index (χ3n) is 3.11. The molecule has 0 bridgehead atoms. The van der Waals surface area contributed by atoms with Crippen LogP contribution in [0.4, 0.5) is 0 Å². The largest absolute Gasteiger partial charge is 0.508 e. The molecule has 1 aromatic carbocycles. The number of hydrogen-bond acceptors (Lipinski definition) is 3. The first-order valence-electron chi connectivity index (χ1n) is 6.07. The second-order valence-electron chi connectivity index (χ2n) is 4.60. The number of carbonyl (C=O) groups is 1. The van der Waals surface area contributed by atoms with Gasteiger partial charge in [0, 0.05) is 11.8 Å². The van der Waals surface area contributed by atoms with Crippen LogP contribution in [0.2, 0.25) is 0 Å². The van der Waals surface area contributed by atoms with Crippen LogP contribution in [-0.4, -0.2) is 25.6 Å². The standard InChI is InChI=1S/C15H12N2O3/c1-9-5-6-17-12(7-9)13(15(19)20)16-14(17)10-3-2-4-11(18)8-10/h2-8,18H,1H3,(H,19,20). The quantitative estimate of drug-likeness (QED) is 0.749. The van der Waals surface area contributed by atoms with Gasteiger partial charge >= 0.3 is 5.97 Å². The lowest BCUT2D eigenvalue weighted by Crippen LogP contribution is -1.97. The van der Waals surface area contributed by atoms with Gasteiger partial charge in [-0.25, -0.2) is 9.78 Å². The van der Waals surface area contributed by atoms with Crippen molar-refractivity contribution in [2.45, 2.75) is 6.92 Å². The first-order chi connectivity index (χ1) is 9.56. The van der Waals surface area contributed by atoms with Crippen LogP contribution in [0.1, 0.15) is 16.1 Å². The van der Waals surface area contributed by atoms with E-state index in [1.807, 2.05) is 13.0 Å². The van der Waals surface area contributed by atoms with Gasteiger partial charge in [-0.15, -0.1) is 0 Å². The zero-order valence-corrected chi connectivity index (χ0v) is 10.7. The Labute approximate surface area is 114 Å². The molecular weight excluding hydrogens is 256 g/mol. The third-order valence-corrected chi connectivity index (χ3v) is 3.11. The van der Waals surface area contributed by atoms with Gasteiger partial charge in [0.25, 0.3) is 0 Å². The zero-order valence-electron chi connectivity index (χ0n) is 10.7. The smallest absolute Gasteiger partial charge is 0.356 e. The Kier molecular flexibility index (Phi) is 2.68. The third kappa shape index (κ3) is 1.89. The fraction of sp³-hybridized carbons (Fsp3) is 0.0667. The fourth-order valence-corrected chi connectivity index (χ4v) is 2.20.